The molecule has 1 unspecified atom stereocenters. The second-order valence-electron chi connectivity index (χ2n) is 5.40. The first-order valence-electron chi connectivity index (χ1n) is 6.78. The van der Waals surface area contributed by atoms with Crippen LogP contribution in [-0.4, -0.2) is 9.78 Å². The molecule has 0 bridgehead atoms. The summed E-state index contributed by atoms with van der Waals surface area (Å²) >= 11 is 0. The van der Waals surface area contributed by atoms with E-state index in [1.54, 1.807) is 0 Å². The molecule has 0 aliphatic heterocycles. The minimum absolute atomic E-state index is 0.155. The molecule has 1 atom stereocenters. The third-order valence-electron chi connectivity index (χ3n) is 3.58. The van der Waals surface area contributed by atoms with E-state index in [1.165, 1.54) is 5.56 Å². The van der Waals surface area contributed by atoms with Gasteiger partial charge in [-0.25, -0.2) is 0 Å². The second-order valence-corrected chi connectivity index (χ2v) is 5.40. The summed E-state index contributed by atoms with van der Waals surface area (Å²) in [6.07, 6.45) is 0.718. The second kappa shape index (κ2) is 4.80. The highest BCUT2D eigenvalue weighted by molar-refractivity contribution is 5.78. The lowest BCUT2D eigenvalue weighted by atomic mass is 10.1. The molecule has 0 aliphatic carbocycles. The van der Waals surface area contributed by atoms with Crippen LogP contribution in [0.5, 0.6) is 0 Å². The standard InChI is InChI=1S/C16H19N3O/c1-10-4-5-15-12(6-10)8-16(20-15)14(17)9-13-7-11(2)18-19(13)3/h4-8,14H,9,17H2,1-3H3. The van der Waals surface area contributed by atoms with E-state index in [2.05, 4.69) is 24.2 Å². The average molecular weight is 269 g/mol. The van der Waals surface area contributed by atoms with Crippen LogP contribution in [0.2, 0.25) is 0 Å². The molecule has 0 saturated carbocycles. The maximum Gasteiger partial charge on any atom is 0.134 e. The van der Waals surface area contributed by atoms with E-state index < -0.39 is 0 Å². The first-order valence-corrected chi connectivity index (χ1v) is 6.78. The topological polar surface area (TPSA) is 57.0 Å². The van der Waals surface area contributed by atoms with Gasteiger partial charge in [-0.15, -0.1) is 0 Å². The third-order valence-corrected chi connectivity index (χ3v) is 3.58. The van der Waals surface area contributed by atoms with Gasteiger partial charge in [0, 0.05) is 24.5 Å². The van der Waals surface area contributed by atoms with Crippen LogP contribution in [0, 0.1) is 13.8 Å². The van der Waals surface area contributed by atoms with E-state index in [9.17, 15) is 0 Å². The maximum absolute atomic E-state index is 6.27. The molecule has 104 valence electrons. The zero-order valence-corrected chi connectivity index (χ0v) is 12.1. The van der Waals surface area contributed by atoms with Crippen molar-refractivity contribution in [1.29, 1.82) is 0 Å². The van der Waals surface area contributed by atoms with Crippen molar-refractivity contribution in [3.8, 4) is 0 Å². The lowest BCUT2D eigenvalue weighted by Gasteiger charge is -2.08. The molecule has 3 rings (SSSR count). The lowest BCUT2D eigenvalue weighted by molar-refractivity contribution is 0.486. The van der Waals surface area contributed by atoms with E-state index in [0.717, 1.165) is 34.5 Å². The van der Waals surface area contributed by atoms with E-state index in [1.807, 2.05) is 36.9 Å². The number of nitrogens with zero attached hydrogens (tertiary/aromatic N) is 2. The van der Waals surface area contributed by atoms with Crippen LogP contribution in [0.4, 0.5) is 0 Å². The number of aromatic nitrogens is 2. The molecule has 0 saturated heterocycles. The Hall–Kier alpha value is -2.07. The molecule has 4 nitrogen and oxygen atoms in total. The van der Waals surface area contributed by atoms with E-state index in [4.69, 9.17) is 10.2 Å². The van der Waals surface area contributed by atoms with Crippen LogP contribution in [-0.2, 0) is 13.5 Å². The van der Waals surface area contributed by atoms with Crippen LogP contribution in [0.15, 0.2) is 34.7 Å². The maximum atomic E-state index is 6.27. The Bertz CT molecular complexity index is 754. The van der Waals surface area contributed by atoms with Gasteiger partial charge in [0.15, 0.2) is 0 Å². The van der Waals surface area contributed by atoms with E-state index >= 15 is 0 Å². The highest BCUT2D eigenvalue weighted by Gasteiger charge is 2.15. The van der Waals surface area contributed by atoms with Crippen molar-refractivity contribution in [1.82, 2.24) is 9.78 Å². The predicted molar refractivity (Wildman–Crippen MR) is 79.5 cm³/mol. The van der Waals surface area contributed by atoms with Crippen LogP contribution in [0.1, 0.15) is 28.8 Å². The first-order chi connectivity index (χ1) is 9.52. The molecule has 0 radical (unpaired) electrons. The van der Waals surface area contributed by atoms with Gasteiger partial charge in [0.2, 0.25) is 0 Å². The molecule has 2 aromatic heterocycles. The number of aryl methyl sites for hydroxylation is 3. The number of hydrogen-bond donors (Lipinski definition) is 1. The van der Waals surface area contributed by atoms with Gasteiger partial charge >= 0.3 is 0 Å². The molecule has 2 heterocycles. The Morgan fingerprint density at radius 3 is 2.75 bits per heavy atom. The van der Waals surface area contributed by atoms with Crippen molar-refractivity contribution in [3.63, 3.8) is 0 Å². The van der Waals surface area contributed by atoms with Crippen molar-refractivity contribution in [2.24, 2.45) is 12.8 Å². The van der Waals surface area contributed by atoms with Crippen molar-refractivity contribution < 1.29 is 4.42 Å². The quantitative estimate of drug-likeness (QED) is 0.795. The molecular weight excluding hydrogens is 250 g/mol. The summed E-state index contributed by atoms with van der Waals surface area (Å²) in [6, 6.07) is 10.1. The zero-order valence-electron chi connectivity index (χ0n) is 12.1. The Balaban J connectivity index is 1.88. The van der Waals surface area contributed by atoms with Crippen LogP contribution < -0.4 is 5.73 Å². The molecule has 4 heteroatoms. The first kappa shape index (κ1) is 12.9. The van der Waals surface area contributed by atoms with Crippen molar-refractivity contribution >= 4 is 11.0 Å². The summed E-state index contributed by atoms with van der Waals surface area (Å²) in [6.45, 7) is 4.06. The summed E-state index contributed by atoms with van der Waals surface area (Å²) in [7, 11) is 1.94. The largest absolute Gasteiger partial charge is 0.459 e. The van der Waals surface area contributed by atoms with Gasteiger partial charge in [0.05, 0.1) is 11.7 Å². The van der Waals surface area contributed by atoms with E-state index in [0.29, 0.717) is 0 Å². The average Bonchev–Trinajstić information content (AvgIpc) is 2.92. The van der Waals surface area contributed by atoms with Gasteiger partial charge in [-0.3, -0.25) is 4.68 Å². The Morgan fingerprint density at radius 1 is 1.25 bits per heavy atom. The van der Waals surface area contributed by atoms with Gasteiger partial charge in [-0.05, 0) is 38.1 Å². The lowest BCUT2D eigenvalue weighted by Crippen LogP contribution is -2.14. The summed E-state index contributed by atoms with van der Waals surface area (Å²) in [5.41, 5.74) is 10.5. The summed E-state index contributed by atoms with van der Waals surface area (Å²) < 4.78 is 7.73. The number of furan rings is 1. The molecule has 0 fully saturated rings. The molecule has 20 heavy (non-hydrogen) atoms. The fourth-order valence-electron chi connectivity index (χ4n) is 2.55. The number of benzene rings is 1. The predicted octanol–water partition coefficient (Wildman–Crippen LogP) is 3.03. The highest BCUT2D eigenvalue weighted by atomic mass is 16.3. The Labute approximate surface area is 118 Å². The number of rotatable bonds is 3. The van der Waals surface area contributed by atoms with Crippen LogP contribution in [0.25, 0.3) is 11.0 Å². The fraction of sp³-hybridized carbons (Fsp3) is 0.312. The minimum atomic E-state index is -0.155. The van der Waals surface area contributed by atoms with Crippen LogP contribution >= 0.6 is 0 Å². The molecule has 3 aromatic rings. The molecule has 1 aromatic carbocycles. The SMILES string of the molecule is Cc1ccc2oc(C(N)Cc3cc(C)nn3C)cc2c1. The molecule has 0 amide bonds. The highest BCUT2D eigenvalue weighted by Crippen LogP contribution is 2.25. The van der Waals surface area contributed by atoms with Crippen molar-refractivity contribution in [3.05, 3.63) is 53.0 Å². The minimum Gasteiger partial charge on any atom is -0.459 e. The monoisotopic (exact) mass is 269 g/mol. The van der Waals surface area contributed by atoms with Gasteiger partial charge in [0.1, 0.15) is 11.3 Å². The van der Waals surface area contributed by atoms with Crippen molar-refractivity contribution in [2.75, 3.05) is 0 Å². The number of fused-ring (bicyclic) bond motifs is 1. The molecular formula is C16H19N3O. The summed E-state index contributed by atoms with van der Waals surface area (Å²) in [5, 5.41) is 5.45. The molecule has 0 aliphatic rings. The third kappa shape index (κ3) is 2.34. The van der Waals surface area contributed by atoms with Gasteiger partial charge < -0.3 is 10.2 Å². The van der Waals surface area contributed by atoms with Crippen LogP contribution in [0.3, 0.4) is 0 Å². The molecule has 2 N–H and O–H groups in total. The number of nitrogens with two attached hydrogens (primary N) is 1. The van der Waals surface area contributed by atoms with Gasteiger partial charge in [-0.1, -0.05) is 11.6 Å². The van der Waals surface area contributed by atoms with E-state index in [-0.39, 0.29) is 6.04 Å². The summed E-state index contributed by atoms with van der Waals surface area (Å²) in [5.74, 6) is 0.824. The normalized spacial score (nSPS) is 13.0. The fourth-order valence-corrected chi connectivity index (χ4v) is 2.55. The number of hydrogen-bond acceptors (Lipinski definition) is 3. The smallest absolute Gasteiger partial charge is 0.134 e. The Morgan fingerprint density at radius 2 is 2.05 bits per heavy atom. The van der Waals surface area contributed by atoms with Gasteiger partial charge in [-0.2, -0.15) is 5.10 Å². The van der Waals surface area contributed by atoms with Crippen molar-refractivity contribution in [2.45, 2.75) is 26.3 Å². The Kier molecular flexibility index (Phi) is 3.10. The van der Waals surface area contributed by atoms with Gasteiger partial charge in [0.25, 0.3) is 0 Å². The zero-order chi connectivity index (χ0) is 14.3. The summed E-state index contributed by atoms with van der Waals surface area (Å²) in [4.78, 5) is 0. The molecule has 0 spiro atoms.